The number of likely N-dealkylation sites (tertiary alicyclic amines) is 1. The van der Waals surface area contributed by atoms with Crippen LogP contribution in [0.4, 0.5) is 4.79 Å². The summed E-state index contributed by atoms with van der Waals surface area (Å²) in [5, 5.41) is 4.17. The molecule has 1 saturated heterocycles. The molecule has 1 aliphatic heterocycles. The van der Waals surface area contributed by atoms with E-state index in [-0.39, 0.29) is 12.7 Å². The molecule has 2 heterocycles. The molecular formula is C23H26N2O4S. The average molecular weight is 427 g/mol. The number of piperidine rings is 1. The Hall–Kier alpha value is -2.80. The number of methoxy groups -OCH3 is 1. The zero-order valence-electron chi connectivity index (χ0n) is 17.1. The van der Waals surface area contributed by atoms with Gasteiger partial charge in [-0.05, 0) is 60.2 Å². The summed E-state index contributed by atoms with van der Waals surface area (Å²) >= 11 is 1.50. The van der Waals surface area contributed by atoms with Gasteiger partial charge in [-0.2, -0.15) is 0 Å². The summed E-state index contributed by atoms with van der Waals surface area (Å²) in [6.07, 6.45) is 2.69. The Morgan fingerprint density at radius 1 is 1.13 bits per heavy atom. The first-order valence-electron chi connectivity index (χ1n) is 10.2. The monoisotopic (exact) mass is 426 g/mol. The zero-order chi connectivity index (χ0) is 20.8. The molecular weight excluding hydrogens is 400 g/mol. The van der Waals surface area contributed by atoms with Gasteiger partial charge in [-0.15, -0.1) is 11.3 Å². The van der Waals surface area contributed by atoms with Crippen LogP contribution in [0.15, 0.2) is 47.3 Å². The molecule has 30 heavy (non-hydrogen) atoms. The number of amides is 1. The molecule has 0 spiro atoms. The number of thiazole rings is 1. The van der Waals surface area contributed by atoms with E-state index in [0.29, 0.717) is 12.5 Å². The van der Waals surface area contributed by atoms with Gasteiger partial charge in [0.15, 0.2) is 0 Å². The molecule has 0 unspecified atom stereocenters. The summed E-state index contributed by atoms with van der Waals surface area (Å²) in [5.74, 6) is 2.28. The van der Waals surface area contributed by atoms with Crippen LogP contribution in [0.1, 0.15) is 25.0 Å². The minimum absolute atomic E-state index is 0.244. The van der Waals surface area contributed by atoms with Crippen molar-refractivity contribution in [3.8, 4) is 11.5 Å². The maximum atomic E-state index is 12.2. The number of aromatic nitrogens is 1. The van der Waals surface area contributed by atoms with E-state index in [9.17, 15) is 4.79 Å². The quantitative estimate of drug-likeness (QED) is 0.525. The molecule has 3 aromatic rings. The summed E-state index contributed by atoms with van der Waals surface area (Å²) in [4.78, 5) is 18.1. The summed E-state index contributed by atoms with van der Waals surface area (Å²) in [6.45, 7) is 2.38. The van der Waals surface area contributed by atoms with Crippen LogP contribution in [-0.2, 0) is 11.3 Å². The van der Waals surface area contributed by atoms with Crippen LogP contribution in [0.5, 0.6) is 11.5 Å². The standard InChI is InChI=1S/C23H26N2O4S/c1-27-21-4-2-18-3-5-22(13-19(18)12-21)28-11-8-17-6-9-25(10-7-17)23(26)29-14-20-15-30-16-24-20/h2-5,12-13,15-17H,6-11,14H2,1H3. The van der Waals surface area contributed by atoms with Crippen LogP contribution in [0.25, 0.3) is 10.8 Å². The maximum absolute atomic E-state index is 12.2. The summed E-state index contributed by atoms with van der Waals surface area (Å²) in [7, 11) is 1.67. The first-order chi connectivity index (χ1) is 14.7. The molecule has 0 radical (unpaired) electrons. The molecule has 7 heteroatoms. The molecule has 1 aromatic heterocycles. The summed E-state index contributed by atoms with van der Waals surface area (Å²) in [6, 6.07) is 12.2. The number of carbonyl (C=O) groups excluding carboxylic acids is 1. The molecule has 0 saturated carbocycles. The van der Waals surface area contributed by atoms with E-state index >= 15 is 0 Å². The second-order valence-electron chi connectivity index (χ2n) is 7.48. The number of benzene rings is 2. The van der Waals surface area contributed by atoms with E-state index in [2.05, 4.69) is 17.1 Å². The molecule has 158 valence electrons. The fourth-order valence-electron chi connectivity index (χ4n) is 3.70. The Kier molecular flexibility index (Phi) is 6.69. The predicted molar refractivity (Wildman–Crippen MR) is 117 cm³/mol. The third-order valence-electron chi connectivity index (χ3n) is 5.51. The Morgan fingerprint density at radius 2 is 1.90 bits per heavy atom. The van der Waals surface area contributed by atoms with Crippen molar-refractivity contribution < 1.29 is 19.0 Å². The number of hydrogen-bond acceptors (Lipinski definition) is 6. The van der Waals surface area contributed by atoms with Gasteiger partial charge in [0.25, 0.3) is 0 Å². The SMILES string of the molecule is COc1ccc2ccc(OCCC3CCN(C(=O)OCc4cscn4)CC3)cc2c1. The van der Waals surface area contributed by atoms with Crippen molar-refractivity contribution in [1.82, 2.24) is 9.88 Å². The van der Waals surface area contributed by atoms with Gasteiger partial charge in [0.05, 0.1) is 24.9 Å². The van der Waals surface area contributed by atoms with Crippen LogP contribution < -0.4 is 9.47 Å². The van der Waals surface area contributed by atoms with E-state index in [1.165, 1.54) is 11.3 Å². The minimum Gasteiger partial charge on any atom is -0.497 e. The Balaban J connectivity index is 1.19. The van der Waals surface area contributed by atoms with E-state index in [4.69, 9.17) is 14.2 Å². The smallest absolute Gasteiger partial charge is 0.410 e. The molecule has 1 fully saturated rings. The van der Waals surface area contributed by atoms with Gasteiger partial charge in [-0.25, -0.2) is 9.78 Å². The molecule has 4 rings (SSSR count). The summed E-state index contributed by atoms with van der Waals surface area (Å²) < 4.78 is 16.6. The van der Waals surface area contributed by atoms with Crippen molar-refractivity contribution in [2.45, 2.75) is 25.9 Å². The lowest BCUT2D eigenvalue weighted by Crippen LogP contribution is -2.39. The fourth-order valence-corrected chi connectivity index (χ4v) is 4.25. The Labute approximate surface area is 180 Å². The van der Waals surface area contributed by atoms with E-state index in [1.807, 2.05) is 29.6 Å². The zero-order valence-corrected chi connectivity index (χ0v) is 17.9. The van der Waals surface area contributed by atoms with Crippen molar-refractivity contribution in [3.63, 3.8) is 0 Å². The predicted octanol–water partition coefficient (Wildman–Crippen LogP) is 5.12. The van der Waals surface area contributed by atoms with Crippen LogP contribution in [-0.4, -0.2) is 42.8 Å². The second-order valence-corrected chi connectivity index (χ2v) is 8.20. The molecule has 0 bridgehead atoms. The molecule has 0 atom stereocenters. The number of ether oxygens (including phenoxy) is 3. The largest absolute Gasteiger partial charge is 0.497 e. The Morgan fingerprint density at radius 3 is 2.63 bits per heavy atom. The molecule has 0 aliphatic carbocycles. The van der Waals surface area contributed by atoms with Crippen molar-refractivity contribution in [1.29, 1.82) is 0 Å². The average Bonchev–Trinajstić information content (AvgIpc) is 3.31. The third-order valence-corrected chi connectivity index (χ3v) is 6.15. The second kappa shape index (κ2) is 9.80. The highest BCUT2D eigenvalue weighted by Crippen LogP contribution is 2.26. The van der Waals surface area contributed by atoms with Gasteiger partial charge >= 0.3 is 6.09 Å². The highest BCUT2D eigenvalue weighted by atomic mass is 32.1. The number of fused-ring (bicyclic) bond motifs is 1. The normalized spacial score (nSPS) is 14.6. The fraction of sp³-hybridized carbons (Fsp3) is 0.391. The van der Waals surface area contributed by atoms with Crippen molar-refractivity contribution >= 4 is 28.2 Å². The molecule has 1 amide bonds. The molecule has 6 nitrogen and oxygen atoms in total. The van der Waals surface area contributed by atoms with Crippen LogP contribution in [0, 0.1) is 5.92 Å². The lowest BCUT2D eigenvalue weighted by molar-refractivity contribution is 0.0792. The highest BCUT2D eigenvalue weighted by molar-refractivity contribution is 7.07. The van der Waals surface area contributed by atoms with E-state index in [1.54, 1.807) is 17.5 Å². The Bertz CT molecular complexity index is 969. The third kappa shape index (κ3) is 5.21. The van der Waals surface area contributed by atoms with Gasteiger partial charge in [-0.1, -0.05) is 12.1 Å². The molecule has 2 aromatic carbocycles. The van der Waals surface area contributed by atoms with Crippen molar-refractivity contribution in [3.05, 3.63) is 53.0 Å². The minimum atomic E-state index is -0.246. The van der Waals surface area contributed by atoms with Crippen LogP contribution >= 0.6 is 11.3 Å². The van der Waals surface area contributed by atoms with Gasteiger partial charge in [-0.3, -0.25) is 0 Å². The van der Waals surface area contributed by atoms with Gasteiger partial charge in [0.1, 0.15) is 18.1 Å². The van der Waals surface area contributed by atoms with Crippen molar-refractivity contribution in [2.75, 3.05) is 26.8 Å². The van der Waals surface area contributed by atoms with E-state index in [0.717, 1.165) is 60.3 Å². The molecule has 0 N–H and O–H groups in total. The van der Waals surface area contributed by atoms with Gasteiger partial charge in [0, 0.05) is 18.5 Å². The number of nitrogens with zero attached hydrogens (tertiary/aromatic N) is 2. The summed E-state index contributed by atoms with van der Waals surface area (Å²) in [5.41, 5.74) is 2.54. The van der Waals surface area contributed by atoms with E-state index < -0.39 is 0 Å². The van der Waals surface area contributed by atoms with Crippen LogP contribution in [0.3, 0.4) is 0 Å². The number of carbonyl (C=O) groups is 1. The first-order valence-corrected chi connectivity index (χ1v) is 11.1. The van der Waals surface area contributed by atoms with Crippen LogP contribution in [0.2, 0.25) is 0 Å². The van der Waals surface area contributed by atoms with Crippen molar-refractivity contribution in [2.24, 2.45) is 5.92 Å². The first kappa shape index (κ1) is 20.5. The highest BCUT2D eigenvalue weighted by Gasteiger charge is 2.23. The topological polar surface area (TPSA) is 60.9 Å². The maximum Gasteiger partial charge on any atom is 0.410 e. The number of hydrogen-bond donors (Lipinski definition) is 0. The lowest BCUT2D eigenvalue weighted by atomic mass is 9.94. The lowest BCUT2D eigenvalue weighted by Gasteiger charge is -2.31. The number of rotatable bonds is 7. The molecule has 1 aliphatic rings. The van der Waals surface area contributed by atoms with Gasteiger partial charge < -0.3 is 19.1 Å². The van der Waals surface area contributed by atoms with Gasteiger partial charge in [0.2, 0.25) is 0 Å².